The summed E-state index contributed by atoms with van der Waals surface area (Å²) in [6.07, 6.45) is 1.14. The molecule has 0 saturated heterocycles. The normalized spacial score (nSPS) is 11.0. The lowest BCUT2D eigenvalue weighted by molar-refractivity contribution is -0.122. The van der Waals surface area contributed by atoms with Crippen LogP contribution in [0.25, 0.3) is 11.1 Å². The number of rotatable bonds is 8. The second-order valence-electron chi connectivity index (χ2n) is 5.56. The van der Waals surface area contributed by atoms with Gasteiger partial charge in [-0.3, -0.25) is 14.5 Å². The Morgan fingerprint density at radius 1 is 0.960 bits per heavy atom. The van der Waals surface area contributed by atoms with Gasteiger partial charge in [-0.1, -0.05) is 68.4 Å². The molecule has 1 N–H and O–H groups in total. The van der Waals surface area contributed by atoms with Crippen molar-refractivity contribution in [1.29, 1.82) is 0 Å². The van der Waals surface area contributed by atoms with Gasteiger partial charge in [0, 0.05) is 5.56 Å². The van der Waals surface area contributed by atoms with E-state index in [-0.39, 0.29) is 18.2 Å². The number of hydrazone groups is 1. The van der Waals surface area contributed by atoms with E-state index in [0.29, 0.717) is 5.56 Å². The molecule has 25 heavy (non-hydrogen) atoms. The number of carbonyl (C=O) groups excluding carboxylic acids is 2. The third-order valence-electron chi connectivity index (χ3n) is 3.91. The van der Waals surface area contributed by atoms with Crippen LogP contribution in [0, 0.1) is 0 Å². The van der Waals surface area contributed by atoms with Gasteiger partial charge in [0.15, 0.2) is 0 Å². The Bertz CT molecular complexity index is 720. The number of amides is 1. The quantitative estimate of drug-likeness (QED) is 0.458. The highest BCUT2D eigenvalue weighted by Gasteiger charge is 2.07. The lowest BCUT2D eigenvalue weighted by Gasteiger charge is -2.15. The van der Waals surface area contributed by atoms with Gasteiger partial charge in [-0.2, -0.15) is 5.10 Å². The van der Waals surface area contributed by atoms with Crippen LogP contribution in [0.1, 0.15) is 24.2 Å². The van der Waals surface area contributed by atoms with E-state index in [9.17, 15) is 9.59 Å². The monoisotopic (exact) mass is 337 g/mol. The van der Waals surface area contributed by atoms with Crippen molar-refractivity contribution in [3.63, 3.8) is 0 Å². The van der Waals surface area contributed by atoms with Crippen molar-refractivity contribution in [3.05, 3.63) is 60.2 Å². The Balaban J connectivity index is 1.91. The van der Waals surface area contributed by atoms with Gasteiger partial charge in [0.25, 0.3) is 5.91 Å². The minimum atomic E-state index is -0.247. The van der Waals surface area contributed by atoms with Crippen LogP contribution < -0.4 is 5.43 Å². The van der Waals surface area contributed by atoms with E-state index in [1.54, 1.807) is 12.1 Å². The summed E-state index contributed by atoms with van der Waals surface area (Å²) in [5.74, 6) is -0.477. The lowest BCUT2D eigenvalue weighted by Crippen LogP contribution is -2.35. The SMILES string of the molecule is CCN(CC)CC(=O)N/N=C\C(=O)c1ccc(-c2ccccc2)cc1. The van der Waals surface area contributed by atoms with E-state index in [4.69, 9.17) is 0 Å². The molecule has 1 amide bonds. The number of likely N-dealkylation sites (N-methyl/N-ethyl adjacent to an activating group) is 1. The average Bonchev–Trinajstić information content (AvgIpc) is 2.66. The van der Waals surface area contributed by atoms with Crippen molar-refractivity contribution in [1.82, 2.24) is 10.3 Å². The van der Waals surface area contributed by atoms with E-state index >= 15 is 0 Å². The van der Waals surface area contributed by atoms with Crippen LogP contribution in [0.15, 0.2) is 59.7 Å². The molecule has 0 fully saturated rings. The smallest absolute Gasteiger partial charge is 0.254 e. The Hall–Kier alpha value is -2.79. The largest absolute Gasteiger partial charge is 0.295 e. The van der Waals surface area contributed by atoms with Crippen LogP contribution in [-0.4, -0.2) is 42.4 Å². The number of Topliss-reactive ketones (excluding diaryl/α,β-unsaturated/α-hetero) is 1. The van der Waals surface area contributed by atoms with E-state index in [1.807, 2.05) is 61.2 Å². The van der Waals surface area contributed by atoms with Gasteiger partial charge in [0.2, 0.25) is 5.78 Å². The molecule has 0 spiro atoms. The first-order valence-electron chi connectivity index (χ1n) is 8.38. The van der Waals surface area contributed by atoms with Crippen LogP contribution in [-0.2, 0) is 4.79 Å². The number of ketones is 1. The Kier molecular flexibility index (Phi) is 7.04. The molecular formula is C20H23N3O2. The van der Waals surface area contributed by atoms with E-state index in [0.717, 1.165) is 30.4 Å². The Morgan fingerprint density at radius 2 is 1.56 bits per heavy atom. The maximum Gasteiger partial charge on any atom is 0.254 e. The summed E-state index contributed by atoms with van der Waals surface area (Å²) < 4.78 is 0. The second-order valence-corrected chi connectivity index (χ2v) is 5.56. The molecule has 5 nitrogen and oxygen atoms in total. The summed E-state index contributed by atoms with van der Waals surface area (Å²) in [5.41, 5.74) is 5.06. The summed E-state index contributed by atoms with van der Waals surface area (Å²) in [5, 5.41) is 3.75. The Labute approximate surface area is 148 Å². The zero-order chi connectivity index (χ0) is 18.1. The van der Waals surface area contributed by atoms with Crippen LogP contribution in [0.3, 0.4) is 0 Å². The fourth-order valence-electron chi connectivity index (χ4n) is 2.38. The number of hydrogen-bond donors (Lipinski definition) is 1. The zero-order valence-corrected chi connectivity index (χ0v) is 14.6. The lowest BCUT2D eigenvalue weighted by atomic mass is 10.0. The van der Waals surface area contributed by atoms with E-state index in [1.165, 1.54) is 0 Å². The van der Waals surface area contributed by atoms with Gasteiger partial charge >= 0.3 is 0 Å². The first-order valence-corrected chi connectivity index (χ1v) is 8.38. The van der Waals surface area contributed by atoms with Crippen LogP contribution >= 0.6 is 0 Å². The average molecular weight is 337 g/mol. The third-order valence-corrected chi connectivity index (χ3v) is 3.91. The molecule has 0 saturated carbocycles. The summed E-state index contributed by atoms with van der Waals surface area (Å²) >= 11 is 0. The molecule has 0 radical (unpaired) electrons. The van der Waals surface area contributed by atoms with Gasteiger partial charge in [-0.15, -0.1) is 0 Å². The maximum atomic E-state index is 12.1. The van der Waals surface area contributed by atoms with Crippen LogP contribution in [0.5, 0.6) is 0 Å². The topological polar surface area (TPSA) is 61.8 Å². The molecular weight excluding hydrogens is 314 g/mol. The molecule has 2 aromatic carbocycles. The number of carbonyl (C=O) groups is 2. The summed E-state index contributed by atoms with van der Waals surface area (Å²) in [7, 11) is 0. The number of nitrogens with zero attached hydrogens (tertiary/aromatic N) is 2. The summed E-state index contributed by atoms with van der Waals surface area (Å²) in [6.45, 7) is 5.83. The van der Waals surface area contributed by atoms with Crippen molar-refractivity contribution < 1.29 is 9.59 Å². The molecule has 0 atom stereocenters. The highest BCUT2D eigenvalue weighted by Crippen LogP contribution is 2.19. The minimum absolute atomic E-state index is 0.229. The first kappa shape index (κ1) is 18.5. The number of nitrogens with one attached hydrogen (secondary N) is 1. The first-order chi connectivity index (χ1) is 12.1. The predicted molar refractivity (Wildman–Crippen MR) is 101 cm³/mol. The summed E-state index contributed by atoms with van der Waals surface area (Å²) in [4.78, 5) is 25.8. The molecule has 0 aliphatic heterocycles. The molecule has 130 valence electrons. The predicted octanol–water partition coefficient (Wildman–Crippen LogP) is 2.98. The zero-order valence-electron chi connectivity index (χ0n) is 14.6. The fraction of sp³-hybridized carbons (Fsp3) is 0.250. The van der Waals surface area contributed by atoms with E-state index in [2.05, 4.69) is 10.5 Å². The molecule has 0 aliphatic rings. The maximum absolute atomic E-state index is 12.1. The molecule has 0 aliphatic carbocycles. The van der Waals surface area contributed by atoms with Crippen molar-refractivity contribution in [3.8, 4) is 11.1 Å². The van der Waals surface area contributed by atoms with Crippen LogP contribution in [0.2, 0.25) is 0 Å². The van der Waals surface area contributed by atoms with Crippen LogP contribution in [0.4, 0.5) is 0 Å². The molecule has 0 bridgehead atoms. The highest BCUT2D eigenvalue weighted by molar-refractivity contribution is 6.35. The van der Waals surface area contributed by atoms with Crippen molar-refractivity contribution in [2.75, 3.05) is 19.6 Å². The van der Waals surface area contributed by atoms with Crippen molar-refractivity contribution in [2.45, 2.75) is 13.8 Å². The second kappa shape index (κ2) is 9.49. The van der Waals surface area contributed by atoms with Gasteiger partial charge in [0.05, 0.1) is 12.8 Å². The van der Waals surface area contributed by atoms with Gasteiger partial charge < -0.3 is 0 Å². The standard InChI is InChI=1S/C20H23N3O2/c1-3-23(4-2)15-20(25)22-21-14-19(24)18-12-10-17(11-13-18)16-8-6-5-7-9-16/h5-14H,3-4,15H2,1-2H3,(H,22,25)/b21-14-. The van der Waals surface area contributed by atoms with Gasteiger partial charge in [-0.25, -0.2) is 5.43 Å². The van der Waals surface area contributed by atoms with Gasteiger partial charge in [-0.05, 0) is 24.2 Å². The molecule has 5 heteroatoms. The van der Waals surface area contributed by atoms with E-state index < -0.39 is 0 Å². The molecule has 2 rings (SSSR count). The molecule has 0 heterocycles. The molecule has 0 aromatic heterocycles. The minimum Gasteiger partial charge on any atom is -0.295 e. The number of hydrogen-bond acceptors (Lipinski definition) is 4. The third kappa shape index (κ3) is 5.65. The molecule has 2 aromatic rings. The van der Waals surface area contributed by atoms with Crippen molar-refractivity contribution in [2.24, 2.45) is 5.10 Å². The van der Waals surface area contributed by atoms with Crippen molar-refractivity contribution >= 4 is 17.9 Å². The summed E-state index contributed by atoms with van der Waals surface area (Å²) in [6, 6.07) is 17.3. The van der Waals surface area contributed by atoms with Gasteiger partial charge in [0.1, 0.15) is 0 Å². The fourth-order valence-corrected chi connectivity index (χ4v) is 2.38. The number of benzene rings is 2. The molecule has 0 unspecified atom stereocenters. The Morgan fingerprint density at radius 3 is 2.16 bits per heavy atom. The highest BCUT2D eigenvalue weighted by atomic mass is 16.2.